The van der Waals surface area contributed by atoms with Gasteiger partial charge in [-0.05, 0) is 36.2 Å². The van der Waals surface area contributed by atoms with E-state index in [0.717, 1.165) is 37.6 Å². The number of hydrogen-bond donors (Lipinski definition) is 0. The van der Waals surface area contributed by atoms with Gasteiger partial charge in [0.25, 0.3) is 0 Å². The summed E-state index contributed by atoms with van der Waals surface area (Å²) < 4.78 is 0. The molecule has 110 valence electrons. The molecule has 0 saturated carbocycles. The molecule has 2 aromatic rings. The number of rotatable bonds is 3. The van der Waals surface area contributed by atoms with Gasteiger partial charge in [-0.25, -0.2) is 4.98 Å². The van der Waals surface area contributed by atoms with E-state index in [2.05, 4.69) is 58.1 Å². The Labute approximate surface area is 131 Å². The van der Waals surface area contributed by atoms with Gasteiger partial charge in [0.05, 0.1) is 0 Å². The quantitative estimate of drug-likeness (QED) is 0.810. The van der Waals surface area contributed by atoms with Crippen molar-refractivity contribution in [2.24, 2.45) is 0 Å². The first-order valence-corrected chi connectivity index (χ1v) is 7.88. The van der Waals surface area contributed by atoms with E-state index in [1.165, 1.54) is 11.3 Å². The highest BCUT2D eigenvalue weighted by Crippen LogP contribution is 2.22. The van der Waals surface area contributed by atoms with Crippen molar-refractivity contribution in [3.8, 4) is 0 Å². The van der Waals surface area contributed by atoms with Crippen LogP contribution >= 0.6 is 11.6 Å². The summed E-state index contributed by atoms with van der Waals surface area (Å²) in [5, 5.41) is 0. The number of hydrogen-bond acceptors (Lipinski definition) is 3. The molecule has 0 N–H and O–H groups in total. The van der Waals surface area contributed by atoms with Gasteiger partial charge >= 0.3 is 0 Å². The van der Waals surface area contributed by atoms with Crippen LogP contribution in [0.15, 0.2) is 42.6 Å². The smallest absolute Gasteiger partial charge is 0.131 e. The zero-order valence-electron chi connectivity index (χ0n) is 12.3. The van der Waals surface area contributed by atoms with Crippen LogP contribution in [0, 0.1) is 6.92 Å². The van der Waals surface area contributed by atoms with Gasteiger partial charge in [0.1, 0.15) is 5.82 Å². The lowest BCUT2D eigenvalue weighted by molar-refractivity contribution is 0.646. The zero-order chi connectivity index (χ0) is 14.7. The van der Waals surface area contributed by atoms with Crippen LogP contribution in [-0.2, 0) is 5.88 Å². The first-order valence-electron chi connectivity index (χ1n) is 7.34. The van der Waals surface area contributed by atoms with Gasteiger partial charge in [0.15, 0.2) is 0 Å². The first kappa shape index (κ1) is 14.2. The molecule has 1 aromatic heterocycles. The topological polar surface area (TPSA) is 19.4 Å². The molecule has 3 rings (SSSR count). The summed E-state index contributed by atoms with van der Waals surface area (Å²) in [6.07, 6.45) is 1.89. The van der Waals surface area contributed by atoms with Crippen LogP contribution in [0.1, 0.15) is 11.1 Å². The van der Waals surface area contributed by atoms with Crippen LogP contribution in [0.25, 0.3) is 0 Å². The number of alkyl halides is 1. The van der Waals surface area contributed by atoms with Crippen molar-refractivity contribution in [2.75, 3.05) is 36.0 Å². The molecule has 0 unspecified atom stereocenters. The third-order valence-electron chi connectivity index (χ3n) is 3.96. The van der Waals surface area contributed by atoms with Crippen LogP contribution in [0.5, 0.6) is 0 Å². The minimum atomic E-state index is 0.524. The Morgan fingerprint density at radius 1 is 1.05 bits per heavy atom. The standard InChI is InChI=1S/C17H20ClN3/c1-14-11-15(12-18)13-19-17(14)21-9-7-20(8-10-21)16-5-3-2-4-6-16/h2-6,11,13H,7-10,12H2,1H3. The second-order valence-corrected chi connectivity index (χ2v) is 5.69. The molecule has 1 aromatic carbocycles. The lowest BCUT2D eigenvalue weighted by Gasteiger charge is -2.37. The summed E-state index contributed by atoms with van der Waals surface area (Å²) in [7, 11) is 0. The maximum Gasteiger partial charge on any atom is 0.131 e. The summed E-state index contributed by atoms with van der Waals surface area (Å²) in [6.45, 7) is 6.18. The number of piperazine rings is 1. The molecular formula is C17H20ClN3. The van der Waals surface area contributed by atoms with Crippen LogP contribution in [-0.4, -0.2) is 31.2 Å². The van der Waals surface area contributed by atoms with Crippen molar-refractivity contribution in [3.05, 3.63) is 53.7 Å². The van der Waals surface area contributed by atoms with Crippen LogP contribution in [0.4, 0.5) is 11.5 Å². The van der Waals surface area contributed by atoms with Gasteiger partial charge in [0.2, 0.25) is 0 Å². The molecule has 1 fully saturated rings. The van der Waals surface area contributed by atoms with Gasteiger partial charge in [-0.3, -0.25) is 0 Å². The fraction of sp³-hybridized carbons (Fsp3) is 0.353. The molecular weight excluding hydrogens is 282 g/mol. The van der Waals surface area contributed by atoms with E-state index in [1.807, 2.05) is 6.20 Å². The third kappa shape index (κ3) is 3.13. The normalized spacial score (nSPS) is 15.3. The molecule has 0 amide bonds. The van der Waals surface area contributed by atoms with E-state index in [1.54, 1.807) is 0 Å². The average molecular weight is 302 g/mol. The van der Waals surface area contributed by atoms with Crippen LogP contribution < -0.4 is 9.80 Å². The number of nitrogens with zero attached hydrogens (tertiary/aromatic N) is 3. The van der Waals surface area contributed by atoms with Gasteiger partial charge in [-0.1, -0.05) is 18.2 Å². The Balaban J connectivity index is 1.68. The lowest BCUT2D eigenvalue weighted by atomic mass is 10.2. The highest BCUT2D eigenvalue weighted by Gasteiger charge is 2.19. The number of aromatic nitrogens is 1. The molecule has 0 atom stereocenters. The summed E-state index contributed by atoms with van der Waals surface area (Å²) in [6, 6.07) is 12.7. The molecule has 0 bridgehead atoms. The second-order valence-electron chi connectivity index (χ2n) is 5.43. The first-order chi connectivity index (χ1) is 10.3. The van der Waals surface area contributed by atoms with E-state index >= 15 is 0 Å². The van der Waals surface area contributed by atoms with Crippen molar-refractivity contribution in [1.82, 2.24) is 4.98 Å². The predicted molar refractivity (Wildman–Crippen MR) is 89.4 cm³/mol. The molecule has 1 aliphatic heterocycles. The molecule has 0 spiro atoms. The van der Waals surface area contributed by atoms with Crippen molar-refractivity contribution in [1.29, 1.82) is 0 Å². The minimum Gasteiger partial charge on any atom is -0.368 e. The highest BCUT2D eigenvalue weighted by atomic mass is 35.5. The van der Waals surface area contributed by atoms with Crippen molar-refractivity contribution < 1.29 is 0 Å². The fourth-order valence-electron chi connectivity index (χ4n) is 2.85. The minimum absolute atomic E-state index is 0.524. The summed E-state index contributed by atoms with van der Waals surface area (Å²) in [5.74, 6) is 1.62. The highest BCUT2D eigenvalue weighted by molar-refractivity contribution is 6.17. The van der Waals surface area contributed by atoms with E-state index in [4.69, 9.17) is 11.6 Å². The number of benzene rings is 1. The summed E-state index contributed by atoms with van der Waals surface area (Å²) in [5.41, 5.74) is 3.60. The molecule has 0 radical (unpaired) electrons. The van der Waals surface area contributed by atoms with E-state index < -0.39 is 0 Å². The lowest BCUT2D eigenvalue weighted by Crippen LogP contribution is -2.47. The maximum absolute atomic E-state index is 5.86. The molecule has 1 aliphatic rings. The molecule has 0 aliphatic carbocycles. The Morgan fingerprint density at radius 2 is 1.71 bits per heavy atom. The molecule has 4 heteroatoms. The Hall–Kier alpha value is -1.74. The van der Waals surface area contributed by atoms with Gasteiger partial charge < -0.3 is 9.80 Å². The maximum atomic E-state index is 5.86. The van der Waals surface area contributed by atoms with Crippen LogP contribution in [0.2, 0.25) is 0 Å². The Bertz CT molecular complexity index is 592. The zero-order valence-corrected chi connectivity index (χ0v) is 13.1. The fourth-order valence-corrected chi connectivity index (χ4v) is 2.99. The Morgan fingerprint density at radius 3 is 2.33 bits per heavy atom. The molecule has 3 nitrogen and oxygen atoms in total. The Kier molecular flexibility index (Phi) is 4.30. The van der Waals surface area contributed by atoms with Crippen molar-refractivity contribution in [2.45, 2.75) is 12.8 Å². The van der Waals surface area contributed by atoms with E-state index in [9.17, 15) is 0 Å². The van der Waals surface area contributed by atoms with Crippen molar-refractivity contribution in [3.63, 3.8) is 0 Å². The number of aryl methyl sites for hydroxylation is 1. The average Bonchev–Trinajstić information content (AvgIpc) is 2.56. The second kappa shape index (κ2) is 6.35. The molecule has 1 saturated heterocycles. The van der Waals surface area contributed by atoms with Crippen molar-refractivity contribution >= 4 is 23.1 Å². The van der Waals surface area contributed by atoms with Gasteiger partial charge in [0, 0.05) is 43.9 Å². The van der Waals surface area contributed by atoms with Gasteiger partial charge in [-0.2, -0.15) is 0 Å². The predicted octanol–water partition coefficient (Wildman–Crippen LogP) is 3.46. The number of anilines is 2. The van der Waals surface area contributed by atoms with Crippen LogP contribution in [0.3, 0.4) is 0 Å². The number of halogens is 1. The summed E-state index contributed by atoms with van der Waals surface area (Å²) in [4.78, 5) is 9.39. The molecule has 21 heavy (non-hydrogen) atoms. The largest absolute Gasteiger partial charge is 0.368 e. The van der Waals surface area contributed by atoms with Gasteiger partial charge in [-0.15, -0.1) is 11.6 Å². The third-order valence-corrected chi connectivity index (χ3v) is 4.27. The van der Waals surface area contributed by atoms with E-state index in [0.29, 0.717) is 5.88 Å². The number of para-hydroxylation sites is 1. The monoisotopic (exact) mass is 301 g/mol. The SMILES string of the molecule is Cc1cc(CCl)cnc1N1CCN(c2ccccc2)CC1. The van der Waals surface area contributed by atoms with E-state index in [-0.39, 0.29) is 0 Å². The summed E-state index contributed by atoms with van der Waals surface area (Å²) >= 11 is 5.86. The molecule has 2 heterocycles. The number of pyridine rings is 1.